The fraction of sp³-hybridized carbons (Fsp3) is 0.133. The van der Waals surface area contributed by atoms with Crippen LogP contribution in [-0.4, -0.2) is 16.9 Å². The van der Waals surface area contributed by atoms with Gasteiger partial charge in [-0.25, -0.2) is 0 Å². The van der Waals surface area contributed by atoms with E-state index in [4.69, 9.17) is 10.5 Å². The number of hydrogen-bond acceptors (Lipinski definition) is 4. The summed E-state index contributed by atoms with van der Waals surface area (Å²) in [5.74, 6) is 1.47. The van der Waals surface area contributed by atoms with Crippen LogP contribution in [-0.2, 0) is 7.05 Å². The topological polar surface area (TPSA) is 53.1 Å². The molecule has 0 bridgehead atoms. The molecule has 1 aromatic carbocycles. The molecule has 0 aliphatic heterocycles. The van der Waals surface area contributed by atoms with Crippen LogP contribution in [0.15, 0.2) is 40.2 Å². The molecule has 0 unspecified atom stereocenters. The normalized spacial score (nSPS) is 10.8. The number of thiophene rings is 1. The number of aryl methyl sites for hydroxylation is 1. The molecule has 6 heteroatoms. The molecule has 3 aromatic rings. The van der Waals surface area contributed by atoms with E-state index in [1.54, 1.807) is 23.1 Å². The Bertz CT molecular complexity index is 777. The number of aromatic nitrogens is 2. The van der Waals surface area contributed by atoms with Gasteiger partial charge in [0.2, 0.25) is 0 Å². The summed E-state index contributed by atoms with van der Waals surface area (Å²) in [6.07, 6.45) is 0. The third-order valence-electron chi connectivity index (χ3n) is 3.28. The van der Waals surface area contributed by atoms with Crippen molar-refractivity contribution in [3.63, 3.8) is 0 Å². The molecule has 0 aliphatic rings. The van der Waals surface area contributed by atoms with Gasteiger partial charge in [-0.3, -0.25) is 4.68 Å². The van der Waals surface area contributed by atoms with Gasteiger partial charge in [0.05, 0.1) is 21.3 Å². The molecule has 0 radical (unpaired) electrons. The van der Waals surface area contributed by atoms with Crippen molar-refractivity contribution in [1.82, 2.24) is 9.78 Å². The van der Waals surface area contributed by atoms with Crippen molar-refractivity contribution in [1.29, 1.82) is 0 Å². The lowest BCUT2D eigenvalue weighted by molar-refractivity contribution is 0.415. The predicted molar refractivity (Wildman–Crippen MR) is 90.6 cm³/mol. The number of nitrogen functional groups attached to an aromatic ring is 1. The van der Waals surface area contributed by atoms with Crippen molar-refractivity contribution in [2.24, 2.45) is 7.05 Å². The SMILES string of the molecule is COc1ccc(-c2c(-c3ccc(Br)s3)nn(C)c2N)cc1. The predicted octanol–water partition coefficient (Wildman–Crippen LogP) is 4.17. The molecule has 21 heavy (non-hydrogen) atoms. The van der Waals surface area contributed by atoms with Gasteiger partial charge in [0.25, 0.3) is 0 Å². The molecule has 0 aliphatic carbocycles. The average molecular weight is 364 g/mol. The van der Waals surface area contributed by atoms with Gasteiger partial charge < -0.3 is 10.5 Å². The first-order valence-electron chi connectivity index (χ1n) is 6.32. The van der Waals surface area contributed by atoms with E-state index in [0.717, 1.165) is 31.2 Å². The van der Waals surface area contributed by atoms with Gasteiger partial charge in [0.15, 0.2) is 0 Å². The monoisotopic (exact) mass is 363 g/mol. The Morgan fingerprint density at radius 2 is 1.90 bits per heavy atom. The highest BCUT2D eigenvalue weighted by Gasteiger charge is 2.18. The van der Waals surface area contributed by atoms with Gasteiger partial charge in [-0.05, 0) is 45.8 Å². The third-order valence-corrected chi connectivity index (χ3v) is 4.91. The van der Waals surface area contributed by atoms with Gasteiger partial charge in [-0.1, -0.05) is 12.1 Å². The molecule has 2 heterocycles. The zero-order valence-electron chi connectivity index (χ0n) is 11.6. The molecule has 2 N–H and O–H groups in total. The Hall–Kier alpha value is -1.79. The highest BCUT2D eigenvalue weighted by atomic mass is 79.9. The number of hydrogen-bond donors (Lipinski definition) is 1. The number of anilines is 1. The molecular formula is C15H14BrN3OS. The van der Waals surface area contributed by atoms with E-state index < -0.39 is 0 Å². The van der Waals surface area contributed by atoms with Crippen molar-refractivity contribution in [3.05, 3.63) is 40.2 Å². The van der Waals surface area contributed by atoms with Gasteiger partial charge in [-0.2, -0.15) is 5.10 Å². The van der Waals surface area contributed by atoms with Crippen molar-refractivity contribution >= 4 is 33.1 Å². The number of nitrogens with two attached hydrogens (primary N) is 1. The van der Waals surface area contributed by atoms with Crippen LogP contribution >= 0.6 is 27.3 Å². The lowest BCUT2D eigenvalue weighted by Gasteiger charge is -2.05. The average Bonchev–Trinajstić information content (AvgIpc) is 3.04. The molecule has 0 spiro atoms. The molecule has 0 atom stereocenters. The number of rotatable bonds is 3. The van der Waals surface area contributed by atoms with E-state index in [9.17, 15) is 0 Å². The molecule has 0 amide bonds. The summed E-state index contributed by atoms with van der Waals surface area (Å²) in [5, 5.41) is 4.56. The highest BCUT2D eigenvalue weighted by molar-refractivity contribution is 9.11. The van der Waals surface area contributed by atoms with Crippen LogP contribution in [0.5, 0.6) is 5.75 Å². The third kappa shape index (κ3) is 2.56. The van der Waals surface area contributed by atoms with Gasteiger partial charge in [-0.15, -0.1) is 11.3 Å². The van der Waals surface area contributed by atoms with Crippen LogP contribution < -0.4 is 10.5 Å². The van der Waals surface area contributed by atoms with Gasteiger partial charge in [0.1, 0.15) is 17.3 Å². The van der Waals surface area contributed by atoms with Crippen LogP contribution in [0.25, 0.3) is 21.7 Å². The van der Waals surface area contributed by atoms with Crippen LogP contribution in [0.2, 0.25) is 0 Å². The second-order valence-electron chi connectivity index (χ2n) is 4.56. The maximum Gasteiger partial charge on any atom is 0.129 e. The standard InChI is InChI=1S/C15H14BrN3OS/c1-19-15(17)13(9-3-5-10(20-2)6-4-9)14(18-19)11-7-8-12(16)21-11/h3-8H,17H2,1-2H3. The van der Waals surface area contributed by atoms with Crippen LogP contribution in [0.1, 0.15) is 0 Å². The van der Waals surface area contributed by atoms with Crippen LogP contribution in [0, 0.1) is 0 Å². The van der Waals surface area contributed by atoms with Gasteiger partial charge >= 0.3 is 0 Å². The van der Waals surface area contributed by atoms with Crippen molar-refractivity contribution in [2.45, 2.75) is 0 Å². The minimum atomic E-state index is 0.652. The first-order valence-corrected chi connectivity index (χ1v) is 7.93. The fourth-order valence-corrected chi connectivity index (χ4v) is 3.57. The summed E-state index contributed by atoms with van der Waals surface area (Å²) in [4.78, 5) is 1.08. The quantitative estimate of drug-likeness (QED) is 0.759. The molecule has 2 aromatic heterocycles. The zero-order chi connectivity index (χ0) is 15.0. The zero-order valence-corrected chi connectivity index (χ0v) is 14.0. The Labute approximate surface area is 135 Å². The summed E-state index contributed by atoms with van der Waals surface area (Å²) in [7, 11) is 3.51. The fourth-order valence-electron chi connectivity index (χ4n) is 2.19. The maximum absolute atomic E-state index is 6.21. The van der Waals surface area contributed by atoms with E-state index in [1.165, 1.54) is 0 Å². The van der Waals surface area contributed by atoms with Crippen LogP contribution in [0.4, 0.5) is 5.82 Å². The summed E-state index contributed by atoms with van der Waals surface area (Å²) in [5.41, 5.74) is 9.09. The molecule has 0 fully saturated rings. The summed E-state index contributed by atoms with van der Waals surface area (Å²) < 4.78 is 7.98. The van der Waals surface area contributed by atoms with E-state index in [1.807, 2.05) is 43.4 Å². The molecule has 3 rings (SSSR count). The summed E-state index contributed by atoms with van der Waals surface area (Å²) >= 11 is 5.13. The summed E-state index contributed by atoms with van der Waals surface area (Å²) in [6, 6.07) is 11.9. The molecule has 4 nitrogen and oxygen atoms in total. The number of benzene rings is 1. The second-order valence-corrected chi connectivity index (χ2v) is 7.03. The Kier molecular flexibility index (Phi) is 3.73. The molecule has 0 saturated heterocycles. The minimum Gasteiger partial charge on any atom is -0.497 e. The molecular weight excluding hydrogens is 350 g/mol. The number of nitrogens with zero attached hydrogens (tertiary/aromatic N) is 2. The van der Waals surface area contributed by atoms with Crippen molar-refractivity contribution in [2.75, 3.05) is 12.8 Å². The number of ether oxygens (including phenoxy) is 1. The molecule has 108 valence electrons. The maximum atomic E-state index is 6.21. The highest BCUT2D eigenvalue weighted by Crippen LogP contribution is 2.40. The molecule has 0 saturated carbocycles. The lowest BCUT2D eigenvalue weighted by atomic mass is 10.0. The van der Waals surface area contributed by atoms with Gasteiger partial charge in [0, 0.05) is 7.05 Å². The smallest absolute Gasteiger partial charge is 0.129 e. The Morgan fingerprint density at radius 1 is 1.19 bits per heavy atom. The number of methoxy groups -OCH3 is 1. The minimum absolute atomic E-state index is 0.652. The first kappa shape index (κ1) is 14.2. The van der Waals surface area contributed by atoms with E-state index in [-0.39, 0.29) is 0 Å². The first-order chi connectivity index (χ1) is 10.1. The largest absolute Gasteiger partial charge is 0.497 e. The van der Waals surface area contributed by atoms with E-state index in [0.29, 0.717) is 5.82 Å². The van der Waals surface area contributed by atoms with Crippen LogP contribution in [0.3, 0.4) is 0 Å². The summed E-state index contributed by atoms with van der Waals surface area (Å²) in [6.45, 7) is 0. The number of halogens is 1. The lowest BCUT2D eigenvalue weighted by Crippen LogP contribution is -1.98. The van der Waals surface area contributed by atoms with Crippen molar-refractivity contribution < 1.29 is 4.74 Å². The Balaban J connectivity index is 2.16. The van der Waals surface area contributed by atoms with Crippen molar-refractivity contribution in [3.8, 4) is 27.4 Å². The van der Waals surface area contributed by atoms with E-state index in [2.05, 4.69) is 21.0 Å². The second kappa shape index (κ2) is 5.54. The van der Waals surface area contributed by atoms with E-state index >= 15 is 0 Å². The Morgan fingerprint density at radius 3 is 2.48 bits per heavy atom.